The van der Waals surface area contributed by atoms with Crippen molar-refractivity contribution in [1.82, 2.24) is 9.03 Å². The third-order valence-corrected chi connectivity index (χ3v) is 7.89. The Morgan fingerprint density at radius 3 is 2.54 bits per heavy atom. The zero-order valence-electron chi connectivity index (χ0n) is 14.9. The first-order valence-corrected chi connectivity index (χ1v) is 10.4. The van der Waals surface area contributed by atoms with Crippen LogP contribution >= 0.6 is 0 Å². The summed E-state index contributed by atoms with van der Waals surface area (Å²) in [7, 11) is -4.19. The van der Waals surface area contributed by atoms with Gasteiger partial charge in [-0.3, -0.25) is 0 Å². The molecule has 2 bridgehead atoms. The second-order valence-corrected chi connectivity index (χ2v) is 9.55. The van der Waals surface area contributed by atoms with Crippen molar-refractivity contribution in [3.8, 4) is 0 Å². The predicted octanol–water partition coefficient (Wildman–Crippen LogP) is 1.36. The van der Waals surface area contributed by atoms with E-state index in [9.17, 15) is 21.6 Å². The van der Waals surface area contributed by atoms with Crippen molar-refractivity contribution in [3.63, 3.8) is 0 Å². The molecule has 11 heteroatoms. The molecule has 1 aliphatic heterocycles. The van der Waals surface area contributed by atoms with Gasteiger partial charge >= 0.3 is 6.18 Å². The zero-order valence-corrected chi connectivity index (χ0v) is 15.7. The number of amidine groups is 1. The monoisotopic (exact) mass is 418 g/mol. The van der Waals surface area contributed by atoms with E-state index in [0.717, 1.165) is 24.0 Å². The summed E-state index contributed by atoms with van der Waals surface area (Å²) in [4.78, 5) is 0. The first kappa shape index (κ1) is 19.5. The summed E-state index contributed by atoms with van der Waals surface area (Å²) in [5.74, 6) is -0.222. The Morgan fingerprint density at radius 1 is 1.29 bits per heavy atom. The molecule has 2 aliphatic carbocycles. The van der Waals surface area contributed by atoms with Crippen LogP contribution in [0.3, 0.4) is 0 Å². The zero-order chi connectivity index (χ0) is 20.3. The summed E-state index contributed by atoms with van der Waals surface area (Å²) in [5.41, 5.74) is 7.30. The van der Waals surface area contributed by atoms with Crippen LogP contribution in [0.5, 0.6) is 0 Å². The number of alkyl halides is 3. The van der Waals surface area contributed by atoms with Crippen LogP contribution in [-0.2, 0) is 23.1 Å². The first-order chi connectivity index (χ1) is 13.0. The highest BCUT2D eigenvalue weighted by Gasteiger charge is 2.60. The van der Waals surface area contributed by atoms with Crippen LogP contribution in [0, 0.1) is 11.8 Å². The van der Waals surface area contributed by atoms with Crippen LogP contribution in [0.1, 0.15) is 29.5 Å². The highest BCUT2D eigenvalue weighted by atomic mass is 32.2. The minimum Gasteiger partial charge on any atom is -0.409 e. The molecule has 1 saturated carbocycles. The van der Waals surface area contributed by atoms with Gasteiger partial charge in [0.2, 0.25) is 0 Å². The number of halogens is 3. The molecule has 28 heavy (non-hydrogen) atoms. The molecule has 1 heterocycles. The van der Waals surface area contributed by atoms with E-state index in [1.807, 2.05) is 12.1 Å². The number of oxime groups is 1. The SMILES string of the molecule is N/C(=N\O)c1ccc2c(c1)C[C@H]1CC[C@@H](C2)[C@]12CN(CC(F)(F)F)S(=O)(=O)N2. The number of nitrogens with two attached hydrogens (primary N) is 1. The molecule has 1 aromatic carbocycles. The average molecular weight is 418 g/mol. The molecule has 3 atom stereocenters. The number of hydrogen-bond donors (Lipinski definition) is 3. The quantitative estimate of drug-likeness (QED) is 0.292. The molecule has 1 saturated heterocycles. The highest BCUT2D eigenvalue weighted by Crippen LogP contribution is 2.50. The van der Waals surface area contributed by atoms with Gasteiger partial charge in [-0.05, 0) is 54.7 Å². The maximum atomic E-state index is 12.9. The summed E-state index contributed by atoms with van der Waals surface area (Å²) >= 11 is 0. The molecule has 4 N–H and O–H groups in total. The predicted molar refractivity (Wildman–Crippen MR) is 95.0 cm³/mol. The largest absolute Gasteiger partial charge is 0.409 e. The topological polar surface area (TPSA) is 108 Å². The summed E-state index contributed by atoms with van der Waals surface area (Å²) in [6.45, 7) is -1.66. The molecule has 1 aromatic rings. The first-order valence-electron chi connectivity index (χ1n) is 8.99. The van der Waals surface area contributed by atoms with Crippen molar-refractivity contribution in [3.05, 3.63) is 34.9 Å². The fourth-order valence-electron chi connectivity index (χ4n) is 5.06. The van der Waals surface area contributed by atoms with Crippen LogP contribution < -0.4 is 10.5 Å². The van der Waals surface area contributed by atoms with Crippen LogP contribution in [0.25, 0.3) is 0 Å². The second-order valence-electron chi connectivity index (χ2n) is 7.88. The van der Waals surface area contributed by atoms with Crippen LogP contribution in [-0.4, -0.2) is 48.6 Å². The summed E-state index contributed by atoms with van der Waals surface area (Å²) in [6, 6.07) is 5.41. The molecule has 154 valence electrons. The van der Waals surface area contributed by atoms with Crippen LogP contribution in [0.2, 0.25) is 0 Å². The Labute approximate surface area is 160 Å². The average Bonchev–Trinajstić information content (AvgIpc) is 2.97. The molecule has 1 spiro atoms. The smallest absolute Gasteiger partial charge is 0.402 e. The minimum atomic E-state index is -4.59. The van der Waals surface area contributed by atoms with Crippen LogP contribution in [0.4, 0.5) is 13.2 Å². The molecular formula is C17H21F3N4O3S. The summed E-state index contributed by atoms with van der Waals surface area (Å²) in [6.07, 6.45) is -2.00. The third kappa shape index (κ3) is 3.15. The lowest BCUT2D eigenvalue weighted by Gasteiger charge is -2.33. The van der Waals surface area contributed by atoms with Gasteiger partial charge in [0.15, 0.2) is 5.84 Å². The van der Waals surface area contributed by atoms with Gasteiger partial charge in [0.1, 0.15) is 6.54 Å². The Kier molecular flexibility index (Phi) is 4.40. The molecule has 0 aromatic heterocycles. The molecule has 0 amide bonds. The Hall–Kier alpha value is -1.85. The summed E-state index contributed by atoms with van der Waals surface area (Å²) in [5, 5.41) is 11.9. The maximum Gasteiger partial charge on any atom is 0.402 e. The Balaban J connectivity index is 1.68. The van der Waals surface area contributed by atoms with E-state index in [1.54, 1.807) is 6.07 Å². The number of benzene rings is 1. The van der Waals surface area contributed by atoms with Gasteiger partial charge in [-0.25, -0.2) is 0 Å². The van der Waals surface area contributed by atoms with Crippen molar-refractivity contribution < 1.29 is 26.8 Å². The van der Waals surface area contributed by atoms with Crippen molar-refractivity contribution in [2.45, 2.75) is 37.4 Å². The van der Waals surface area contributed by atoms with Gasteiger partial charge in [-0.1, -0.05) is 17.3 Å². The van der Waals surface area contributed by atoms with E-state index >= 15 is 0 Å². The van der Waals surface area contributed by atoms with Gasteiger partial charge in [-0.2, -0.15) is 30.6 Å². The molecule has 2 fully saturated rings. The molecular weight excluding hydrogens is 397 g/mol. The lowest BCUT2D eigenvalue weighted by molar-refractivity contribution is -0.136. The van der Waals surface area contributed by atoms with Crippen LogP contribution in [0.15, 0.2) is 23.4 Å². The molecule has 7 nitrogen and oxygen atoms in total. The van der Waals surface area contributed by atoms with E-state index in [1.165, 1.54) is 0 Å². The number of hydrogen-bond acceptors (Lipinski definition) is 4. The maximum absolute atomic E-state index is 12.9. The van der Waals surface area contributed by atoms with Crippen molar-refractivity contribution >= 4 is 16.0 Å². The van der Waals surface area contributed by atoms with Gasteiger partial charge in [0, 0.05) is 12.1 Å². The van der Waals surface area contributed by atoms with E-state index in [-0.39, 0.29) is 24.2 Å². The van der Waals surface area contributed by atoms with E-state index in [4.69, 9.17) is 10.9 Å². The summed E-state index contributed by atoms with van der Waals surface area (Å²) < 4.78 is 66.7. The van der Waals surface area contributed by atoms with Crippen molar-refractivity contribution in [1.29, 1.82) is 0 Å². The molecule has 0 radical (unpaired) electrons. The lowest BCUT2D eigenvalue weighted by Crippen LogP contribution is -2.52. The van der Waals surface area contributed by atoms with E-state index in [2.05, 4.69) is 9.88 Å². The highest BCUT2D eigenvalue weighted by molar-refractivity contribution is 7.87. The van der Waals surface area contributed by atoms with E-state index in [0.29, 0.717) is 22.7 Å². The van der Waals surface area contributed by atoms with Gasteiger partial charge < -0.3 is 10.9 Å². The van der Waals surface area contributed by atoms with Gasteiger partial charge in [0.25, 0.3) is 10.2 Å². The van der Waals surface area contributed by atoms with Gasteiger partial charge in [0.05, 0.1) is 5.54 Å². The second kappa shape index (κ2) is 6.33. The molecule has 4 rings (SSSR count). The van der Waals surface area contributed by atoms with Crippen molar-refractivity contribution in [2.75, 3.05) is 13.1 Å². The molecule has 3 aliphatic rings. The fourth-order valence-corrected chi connectivity index (χ4v) is 6.77. The fraction of sp³-hybridized carbons (Fsp3) is 0.588. The molecule has 0 unspecified atom stereocenters. The Morgan fingerprint density at radius 2 is 1.93 bits per heavy atom. The number of nitrogens with zero attached hydrogens (tertiary/aromatic N) is 2. The van der Waals surface area contributed by atoms with Gasteiger partial charge in [-0.15, -0.1) is 0 Å². The Bertz CT molecular complexity index is 934. The standard InChI is InChI=1S/C17H21F3N4O3S/c18-17(19,20)9-24-8-16(23-28(24,26)27)13-3-4-14(16)7-12-5-11(15(21)22-25)2-1-10(12)6-13/h1-2,5,13-14,23,25H,3-4,6-9H2,(H2,21,22)/t13-,14+,16+/m0/s1. The number of nitrogens with one attached hydrogen (secondary N) is 1. The van der Waals surface area contributed by atoms with Crippen molar-refractivity contribution in [2.24, 2.45) is 22.7 Å². The van der Waals surface area contributed by atoms with E-state index < -0.39 is 28.5 Å². The normalized spacial score (nSPS) is 32.5. The lowest BCUT2D eigenvalue weighted by atomic mass is 9.79. The minimum absolute atomic E-state index is 0.0233. The number of rotatable bonds is 2. The third-order valence-electron chi connectivity index (χ3n) is 6.32. The number of fused-ring (bicyclic) bond motifs is 1.